The third-order valence-corrected chi connectivity index (χ3v) is 17.1. The van der Waals surface area contributed by atoms with E-state index in [0.29, 0.717) is 0 Å². The normalized spacial score (nSPS) is 16.0. The quantitative estimate of drug-likeness (QED) is 0.178. The molecule has 2 heterocycles. The Morgan fingerprint density at radius 1 is 0.411 bits per heavy atom. The van der Waals surface area contributed by atoms with Crippen molar-refractivity contribution in [3.63, 3.8) is 0 Å². The summed E-state index contributed by atoms with van der Waals surface area (Å²) in [6.07, 6.45) is 6.94. The van der Waals surface area contributed by atoms with Crippen LogP contribution in [0.1, 0.15) is 62.8 Å². The zero-order chi connectivity index (χ0) is 48.9. The summed E-state index contributed by atoms with van der Waals surface area (Å²) in [6.45, 7) is 9.78. The van der Waals surface area contributed by atoms with Crippen LogP contribution < -0.4 is 20.0 Å². The van der Waals surface area contributed by atoms with Crippen LogP contribution in [-0.4, -0.2) is 7.05 Å². The molecule has 0 fully saturated rings. The smallest absolute Gasteiger partial charge is 0.0699 e. The summed E-state index contributed by atoms with van der Waals surface area (Å²) in [5.41, 5.74) is 27.3. The second-order valence-electron chi connectivity index (χ2n) is 21.7. The van der Waals surface area contributed by atoms with Gasteiger partial charge < -0.3 is 20.0 Å². The first-order valence-electron chi connectivity index (χ1n) is 26.0. The summed E-state index contributed by atoms with van der Waals surface area (Å²) in [7, 11) is 2.19. The monoisotopic (exact) mass is 938 g/mol. The molecule has 0 radical (unpaired) electrons. The van der Waals surface area contributed by atoms with Gasteiger partial charge in [0.2, 0.25) is 0 Å². The molecule has 10 aromatic carbocycles. The molecule has 15 rings (SSSR count). The molecule has 4 nitrogen and oxygen atoms in total. The highest BCUT2D eigenvalue weighted by Gasteiger charge is 2.41. The summed E-state index contributed by atoms with van der Waals surface area (Å²) in [5.74, 6) is 0. The van der Waals surface area contributed by atoms with Gasteiger partial charge in [0, 0.05) is 29.3 Å². The van der Waals surface area contributed by atoms with Crippen LogP contribution in [0.15, 0.2) is 212 Å². The Kier molecular flexibility index (Phi) is 8.77. The lowest BCUT2D eigenvalue weighted by molar-refractivity contribution is 0.653. The van der Waals surface area contributed by atoms with Crippen molar-refractivity contribution >= 4 is 84.0 Å². The first kappa shape index (κ1) is 42.1. The van der Waals surface area contributed by atoms with E-state index >= 15 is 0 Å². The Morgan fingerprint density at radius 3 is 1.48 bits per heavy atom. The zero-order valence-corrected chi connectivity index (χ0v) is 41.9. The van der Waals surface area contributed by atoms with Crippen molar-refractivity contribution in [3.05, 3.63) is 234 Å². The van der Waals surface area contributed by atoms with Gasteiger partial charge in [-0.05, 0) is 174 Å². The fraction of sp³-hybridized carbons (Fsp3) is 0.130. The average molecular weight is 939 g/mol. The van der Waals surface area contributed by atoms with E-state index in [1.54, 1.807) is 0 Å². The number of hydrogen-bond acceptors (Lipinski definition) is 4. The molecular formula is C69H54N4. The zero-order valence-electron chi connectivity index (χ0n) is 41.9. The number of hydrogen-bond donors (Lipinski definition) is 1. The lowest BCUT2D eigenvalue weighted by Crippen LogP contribution is -2.23. The fourth-order valence-electron chi connectivity index (χ4n) is 14.0. The van der Waals surface area contributed by atoms with E-state index in [4.69, 9.17) is 0 Å². The van der Waals surface area contributed by atoms with Gasteiger partial charge in [-0.3, -0.25) is 0 Å². The largest absolute Gasteiger partial charge is 0.352 e. The first-order chi connectivity index (χ1) is 35.7. The SMILES string of the molecule is CN1c2ccccc2N(c2ccc3c(-c4cccc5c4C(C)(C)c4ccccc4-5)c4cc(N5c6ccccc6Nc6ccccc65)ccc4c(-c4cccc5c4C(C)(C)C4=C5CCC=C4)c3c2)c2ccccc21. The Bertz CT molecular complexity index is 4020. The average Bonchev–Trinajstić information content (AvgIpc) is 3.81. The number of para-hydroxylation sites is 8. The van der Waals surface area contributed by atoms with Gasteiger partial charge in [-0.2, -0.15) is 0 Å². The molecule has 3 aliphatic carbocycles. The van der Waals surface area contributed by atoms with Crippen LogP contribution in [-0.2, 0) is 10.8 Å². The number of fused-ring (bicyclic) bond motifs is 11. The Labute approximate surface area is 427 Å². The molecule has 0 bridgehead atoms. The van der Waals surface area contributed by atoms with Crippen molar-refractivity contribution in [3.8, 4) is 33.4 Å². The van der Waals surface area contributed by atoms with E-state index in [-0.39, 0.29) is 10.8 Å². The second-order valence-corrected chi connectivity index (χ2v) is 21.7. The number of rotatable bonds is 4. The molecule has 10 aromatic rings. The van der Waals surface area contributed by atoms with Crippen LogP contribution in [0.3, 0.4) is 0 Å². The van der Waals surface area contributed by atoms with E-state index in [9.17, 15) is 0 Å². The third-order valence-electron chi connectivity index (χ3n) is 17.1. The van der Waals surface area contributed by atoms with Crippen LogP contribution in [0, 0.1) is 0 Å². The van der Waals surface area contributed by atoms with Crippen LogP contribution >= 0.6 is 0 Å². The van der Waals surface area contributed by atoms with Crippen molar-refractivity contribution in [2.24, 2.45) is 0 Å². The number of nitrogens with one attached hydrogen (secondary N) is 1. The van der Waals surface area contributed by atoms with E-state index in [1.807, 2.05) is 0 Å². The molecule has 0 saturated heterocycles. The van der Waals surface area contributed by atoms with Crippen molar-refractivity contribution in [1.82, 2.24) is 0 Å². The van der Waals surface area contributed by atoms with Crippen LogP contribution in [0.5, 0.6) is 0 Å². The van der Waals surface area contributed by atoms with Gasteiger partial charge in [0.15, 0.2) is 0 Å². The van der Waals surface area contributed by atoms with Gasteiger partial charge in [-0.15, -0.1) is 0 Å². The summed E-state index contributed by atoms with van der Waals surface area (Å²) in [6, 6.07) is 73.2. The number of nitrogens with zero attached hydrogens (tertiary/aromatic N) is 3. The maximum atomic E-state index is 3.76. The minimum absolute atomic E-state index is 0.202. The number of anilines is 10. The van der Waals surface area contributed by atoms with E-state index < -0.39 is 0 Å². The Morgan fingerprint density at radius 2 is 0.877 bits per heavy atom. The molecule has 4 heteroatoms. The molecule has 350 valence electrons. The second kappa shape index (κ2) is 15.2. The van der Waals surface area contributed by atoms with E-state index in [0.717, 1.165) is 58.3 Å². The predicted molar refractivity (Wildman–Crippen MR) is 309 cm³/mol. The van der Waals surface area contributed by atoms with Gasteiger partial charge in [-0.1, -0.05) is 161 Å². The van der Waals surface area contributed by atoms with Gasteiger partial charge in [0.25, 0.3) is 0 Å². The summed E-state index contributed by atoms with van der Waals surface area (Å²) in [5, 5.41) is 8.73. The molecule has 2 aliphatic heterocycles. The van der Waals surface area contributed by atoms with Crippen LogP contribution in [0.2, 0.25) is 0 Å². The minimum atomic E-state index is -0.246. The summed E-state index contributed by atoms with van der Waals surface area (Å²) < 4.78 is 0. The van der Waals surface area contributed by atoms with Crippen molar-refractivity contribution in [2.75, 3.05) is 27.1 Å². The topological polar surface area (TPSA) is 21.8 Å². The van der Waals surface area contributed by atoms with Crippen molar-refractivity contribution in [2.45, 2.75) is 51.4 Å². The van der Waals surface area contributed by atoms with E-state index in [1.165, 1.54) is 99.7 Å². The highest BCUT2D eigenvalue weighted by atomic mass is 15.3. The van der Waals surface area contributed by atoms with Gasteiger partial charge >= 0.3 is 0 Å². The standard InChI is InChI=1S/C69H54N4/c1-68(2)54-26-8-6-20-44(54)48-22-18-24-50(66(48)68)64-47-39-37-43(73-62-34-16-14-32-60(62)71(5)61-33-15-17-35-63(61)73)41-53(47)65(51-25-19-23-49-45-21-7-9-27-55(45)69(3,4)67(49)51)46-38-36-42(40-52(46)64)72-58-30-12-10-28-56(58)70-57-29-11-13-31-59(57)72/h6,8-20,22-41,70H,7,21H2,1-5H3. The van der Waals surface area contributed by atoms with Crippen LogP contribution in [0.25, 0.3) is 60.5 Å². The highest BCUT2D eigenvalue weighted by molar-refractivity contribution is 6.24. The molecule has 1 N–H and O–H groups in total. The molecule has 0 unspecified atom stereocenters. The molecular weight excluding hydrogens is 885 g/mol. The Balaban J connectivity index is 1.10. The number of benzene rings is 10. The van der Waals surface area contributed by atoms with Crippen LogP contribution in [0.4, 0.5) is 56.9 Å². The van der Waals surface area contributed by atoms with Crippen molar-refractivity contribution < 1.29 is 0 Å². The summed E-state index contributed by atoms with van der Waals surface area (Å²) in [4.78, 5) is 7.29. The molecule has 73 heavy (non-hydrogen) atoms. The van der Waals surface area contributed by atoms with Crippen molar-refractivity contribution in [1.29, 1.82) is 0 Å². The molecule has 0 aromatic heterocycles. The maximum Gasteiger partial charge on any atom is 0.0699 e. The highest BCUT2D eigenvalue weighted by Crippen LogP contribution is 2.60. The molecule has 0 saturated carbocycles. The number of allylic oxidation sites excluding steroid dienone is 4. The predicted octanol–water partition coefficient (Wildman–Crippen LogP) is 19.1. The molecule has 0 amide bonds. The van der Waals surface area contributed by atoms with Gasteiger partial charge in [0.1, 0.15) is 0 Å². The lowest BCUT2D eigenvalue weighted by atomic mass is 9.74. The van der Waals surface area contributed by atoms with Gasteiger partial charge in [-0.25, -0.2) is 0 Å². The molecule has 0 atom stereocenters. The van der Waals surface area contributed by atoms with E-state index in [2.05, 4.69) is 261 Å². The molecule has 5 aliphatic rings. The fourth-order valence-corrected chi connectivity index (χ4v) is 14.0. The Hall–Kier alpha value is -8.60. The van der Waals surface area contributed by atoms with Gasteiger partial charge in [0.05, 0.1) is 45.5 Å². The molecule has 0 spiro atoms. The third kappa shape index (κ3) is 5.78. The first-order valence-corrected chi connectivity index (χ1v) is 26.0. The minimum Gasteiger partial charge on any atom is -0.352 e. The lowest BCUT2D eigenvalue weighted by Gasteiger charge is -2.38. The summed E-state index contributed by atoms with van der Waals surface area (Å²) >= 11 is 0. The maximum absolute atomic E-state index is 3.76.